The van der Waals surface area contributed by atoms with Crippen molar-refractivity contribution in [3.63, 3.8) is 0 Å². The van der Waals surface area contributed by atoms with Gasteiger partial charge in [0.25, 0.3) is 5.88 Å². The number of hydrogen-bond donors (Lipinski definition) is 1. The third kappa shape index (κ3) is 4.62. The normalized spacial score (nSPS) is 15.7. The molecule has 1 N–H and O–H groups in total. The first-order chi connectivity index (χ1) is 14.3. The Balaban J connectivity index is 2.11. The van der Waals surface area contributed by atoms with Gasteiger partial charge in [0.15, 0.2) is 11.5 Å². The van der Waals surface area contributed by atoms with Crippen molar-refractivity contribution in [1.29, 1.82) is 0 Å². The monoisotopic (exact) mass is 409 g/mol. The second-order valence-corrected chi connectivity index (χ2v) is 7.88. The molecule has 0 aliphatic heterocycles. The summed E-state index contributed by atoms with van der Waals surface area (Å²) in [7, 11) is 4.01. The van der Waals surface area contributed by atoms with Crippen LogP contribution in [0.3, 0.4) is 0 Å². The second-order valence-electron chi connectivity index (χ2n) is 7.88. The summed E-state index contributed by atoms with van der Waals surface area (Å²) in [6.45, 7) is 10.0. The lowest BCUT2D eigenvalue weighted by molar-refractivity contribution is -0.111. The summed E-state index contributed by atoms with van der Waals surface area (Å²) < 4.78 is 7.91. The predicted molar refractivity (Wildman–Crippen MR) is 121 cm³/mol. The Labute approximate surface area is 178 Å². The Hall–Kier alpha value is -2.93. The fourth-order valence-electron chi connectivity index (χ4n) is 3.11. The van der Waals surface area contributed by atoms with E-state index in [-0.39, 0.29) is 5.78 Å². The minimum absolute atomic E-state index is 0.00124. The maximum atomic E-state index is 12.2. The average molecular weight is 410 g/mol. The first kappa shape index (κ1) is 21.8. The highest BCUT2D eigenvalue weighted by atomic mass is 16.5. The molecule has 0 fully saturated rings. The van der Waals surface area contributed by atoms with Gasteiger partial charge in [0.05, 0.1) is 16.9 Å². The van der Waals surface area contributed by atoms with Gasteiger partial charge in [-0.25, -0.2) is 9.51 Å². The number of nitrogens with zero attached hydrogens (tertiary/aromatic N) is 4. The molecule has 0 atom stereocenters. The van der Waals surface area contributed by atoms with E-state index in [2.05, 4.69) is 30.1 Å². The number of aryl methyl sites for hydroxylation is 2. The SMILES string of the molecule is CCCNC1=CC(=O)C(C)=CC1=Nc1c(OCCN(C)C)nn2c(C)c(C)ccc12. The molecule has 2 aromatic rings. The van der Waals surface area contributed by atoms with Crippen LogP contribution in [0.2, 0.25) is 0 Å². The summed E-state index contributed by atoms with van der Waals surface area (Å²) in [5, 5.41) is 8.02. The van der Waals surface area contributed by atoms with Crippen molar-refractivity contribution in [3.8, 4) is 5.88 Å². The van der Waals surface area contributed by atoms with E-state index in [9.17, 15) is 4.79 Å². The van der Waals surface area contributed by atoms with Crippen molar-refractivity contribution >= 4 is 22.7 Å². The third-order valence-corrected chi connectivity index (χ3v) is 5.11. The molecule has 0 aromatic carbocycles. The molecule has 1 aliphatic rings. The zero-order valence-electron chi connectivity index (χ0n) is 18.7. The molecule has 0 saturated heterocycles. The molecule has 0 radical (unpaired) electrons. The molecule has 7 heteroatoms. The van der Waals surface area contributed by atoms with E-state index >= 15 is 0 Å². The summed E-state index contributed by atoms with van der Waals surface area (Å²) >= 11 is 0. The second kappa shape index (κ2) is 9.26. The molecular formula is C23H31N5O2. The van der Waals surface area contributed by atoms with Crippen LogP contribution in [0.25, 0.3) is 5.52 Å². The predicted octanol–water partition coefficient (Wildman–Crippen LogP) is 3.38. The van der Waals surface area contributed by atoms with Crippen LogP contribution in [0.1, 0.15) is 31.5 Å². The van der Waals surface area contributed by atoms with Crippen molar-refractivity contribution in [2.45, 2.75) is 34.1 Å². The van der Waals surface area contributed by atoms with Crippen LogP contribution >= 0.6 is 0 Å². The summed E-state index contributed by atoms with van der Waals surface area (Å²) in [6.07, 6.45) is 4.40. The van der Waals surface area contributed by atoms with E-state index in [1.807, 2.05) is 44.6 Å². The average Bonchev–Trinajstić information content (AvgIpc) is 3.04. The maximum Gasteiger partial charge on any atom is 0.260 e. The summed E-state index contributed by atoms with van der Waals surface area (Å²) in [5.41, 5.74) is 5.85. The van der Waals surface area contributed by atoms with Crippen LogP contribution in [0.15, 0.2) is 40.5 Å². The Morgan fingerprint density at radius 3 is 2.67 bits per heavy atom. The molecule has 0 bridgehead atoms. The van der Waals surface area contributed by atoms with Crippen LogP contribution in [0.5, 0.6) is 5.88 Å². The first-order valence-electron chi connectivity index (χ1n) is 10.4. The molecule has 2 heterocycles. The summed E-state index contributed by atoms with van der Waals surface area (Å²) in [5.74, 6) is 0.497. The minimum atomic E-state index is 0.00124. The number of aromatic nitrogens is 2. The quantitative estimate of drug-likeness (QED) is 0.677. The number of rotatable bonds is 8. The van der Waals surface area contributed by atoms with Crippen LogP contribution in [-0.4, -0.2) is 59.8 Å². The molecular weight excluding hydrogens is 378 g/mol. The van der Waals surface area contributed by atoms with Gasteiger partial charge < -0.3 is 15.0 Å². The van der Waals surface area contributed by atoms with E-state index in [4.69, 9.17) is 14.8 Å². The number of carbonyl (C=O) groups excluding carboxylic acids is 1. The van der Waals surface area contributed by atoms with Gasteiger partial charge in [-0.15, -0.1) is 5.10 Å². The van der Waals surface area contributed by atoms with Gasteiger partial charge in [-0.2, -0.15) is 0 Å². The van der Waals surface area contributed by atoms with E-state index in [1.54, 1.807) is 6.08 Å². The number of fused-ring (bicyclic) bond motifs is 1. The van der Waals surface area contributed by atoms with Crippen LogP contribution in [0, 0.1) is 13.8 Å². The number of carbonyl (C=O) groups is 1. The van der Waals surface area contributed by atoms with Crippen molar-refractivity contribution in [3.05, 3.63) is 46.8 Å². The molecule has 7 nitrogen and oxygen atoms in total. The van der Waals surface area contributed by atoms with Crippen molar-refractivity contribution in [2.24, 2.45) is 4.99 Å². The van der Waals surface area contributed by atoms with Crippen LogP contribution in [-0.2, 0) is 4.79 Å². The third-order valence-electron chi connectivity index (χ3n) is 5.11. The van der Waals surface area contributed by atoms with Crippen molar-refractivity contribution in [2.75, 3.05) is 33.8 Å². The molecule has 0 unspecified atom stereocenters. The number of nitrogens with one attached hydrogen (secondary N) is 1. The van der Waals surface area contributed by atoms with Crippen LogP contribution < -0.4 is 10.1 Å². The zero-order chi connectivity index (χ0) is 21.8. The van der Waals surface area contributed by atoms with Gasteiger partial charge in [-0.05, 0) is 64.6 Å². The minimum Gasteiger partial charge on any atom is -0.474 e. The number of ether oxygens (including phenoxy) is 1. The Morgan fingerprint density at radius 1 is 1.20 bits per heavy atom. The summed E-state index contributed by atoms with van der Waals surface area (Å²) in [4.78, 5) is 19.2. The van der Waals surface area contributed by atoms with Gasteiger partial charge in [0, 0.05) is 24.9 Å². The molecule has 0 amide bonds. The lowest BCUT2D eigenvalue weighted by atomic mass is 10.0. The largest absolute Gasteiger partial charge is 0.474 e. The number of ketones is 1. The van der Waals surface area contributed by atoms with Crippen molar-refractivity contribution in [1.82, 2.24) is 19.8 Å². The van der Waals surface area contributed by atoms with Gasteiger partial charge >= 0.3 is 0 Å². The lowest BCUT2D eigenvalue weighted by Crippen LogP contribution is -2.24. The smallest absolute Gasteiger partial charge is 0.260 e. The van der Waals surface area contributed by atoms with Crippen LogP contribution in [0.4, 0.5) is 5.69 Å². The number of pyridine rings is 1. The van der Waals surface area contributed by atoms with E-state index in [0.29, 0.717) is 29.5 Å². The molecule has 1 aliphatic carbocycles. The number of allylic oxidation sites excluding steroid dienone is 3. The van der Waals surface area contributed by atoms with Gasteiger partial charge in [0.2, 0.25) is 0 Å². The molecule has 2 aromatic heterocycles. The topological polar surface area (TPSA) is 71.2 Å². The molecule has 0 spiro atoms. The highest BCUT2D eigenvalue weighted by Gasteiger charge is 2.20. The number of aliphatic imine (C=N–C) groups is 1. The van der Waals surface area contributed by atoms with E-state index < -0.39 is 0 Å². The number of hydrogen-bond acceptors (Lipinski definition) is 6. The molecule has 0 saturated carbocycles. The Kier molecular flexibility index (Phi) is 6.72. The lowest BCUT2D eigenvalue weighted by Gasteiger charge is -2.15. The van der Waals surface area contributed by atoms with Gasteiger partial charge in [-0.3, -0.25) is 4.79 Å². The fourth-order valence-corrected chi connectivity index (χ4v) is 3.11. The van der Waals surface area contributed by atoms with E-state index in [0.717, 1.165) is 42.0 Å². The first-order valence-corrected chi connectivity index (χ1v) is 10.4. The number of likely N-dealkylation sites (N-methyl/N-ethyl adjacent to an activating group) is 1. The fraction of sp³-hybridized carbons (Fsp3) is 0.435. The highest BCUT2D eigenvalue weighted by molar-refractivity contribution is 6.22. The molecule has 30 heavy (non-hydrogen) atoms. The molecule has 160 valence electrons. The molecule has 3 rings (SSSR count). The standard InChI is InChI=1S/C23H31N5O2/c1-7-10-24-18-14-21(29)16(3)13-19(18)25-22-20-9-8-15(2)17(4)28(20)26-23(22)30-12-11-27(5)6/h8-9,13-14,24H,7,10-12H2,1-6H3. The Bertz CT molecular complexity index is 1040. The van der Waals surface area contributed by atoms with Gasteiger partial charge in [-0.1, -0.05) is 13.0 Å². The van der Waals surface area contributed by atoms with E-state index in [1.165, 1.54) is 0 Å². The zero-order valence-corrected chi connectivity index (χ0v) is 18.7. The maximum absolute atomic E-state index is 12.2. The van der Waals surface area contributed by atoms with Crippen molar-refractivity contribution < 1.29 is 9.53 Å². The van der Waals surface area contributed by atoms with Gasteiger partial charge in [0.1, 0.15) is 6.61 Å². The summed E-state index contributed by atoms with van der Waals surface area (Å²) in [6, 6.07) is 4.08. The highest BCUT2D eigenvalue weighted by Crippen LogP contribution is 2.34. The Morgan fingerprint density at radius 2 is 1.97 bits per heavy atom.